The van der Waals surface area contributed by atoms with Crippen LogP contribution in [0.1, 0.15) is 20.8 Å². The maximum atomic E-state index is 5.82. The van der Waals surface area contributed by atoms with Crippen molar-refractivity contribution in [1.29, 1.82) is 0 Å². The first-order valence-corrected chi connectivity index (χ1v) is 5.55. The number of terminal acetylenes is 1. The number of benzene rings is 1. The van der Waals surface area contributed by atoms with Gasteiger partial charge in [0.2, 0.25) is 0 Å². The number of hydrogen-bond acceptors (Lipinski definition) is 1. The maximum absolute atomic E-state index is 5.82. The van der Waals surface area contributed by atoms with E-state index in [1.165, 1.54) is 0 Å². The molecule has 0 saturated heterocycles. The number of nitrogens with two attached hydrogens (primary N) is 1. The highest BCUT2D eigenvalue weighted by Gasteiger charge is 2.22. The van der Waals surface area contributed by atoms with Gasteiger partial charge in [-0.25, -0.2) is 4.99 Å². The van der Waals surface area contributed by atoms with E-state index in [2.05, 4.69) is 16.2 Å². The lowest BCUT2D eigenvalue weighted by molar-refractivity contribution is 0.376. The molecule has 1 aromatic rings. The van der Waals surface area contributed by atoms with Crippen LogP contribution in [0.2, 0.25) is 0 Å². The van der Waals surface area contributed by atoms with Gasteiger partial charge in [-0.15, -0.1) is 6.42 Å². The van der Waals surface area contributed by atoms with E-state index < -0.39 is 0 Å². The monoisotopic (exact) mass is 229 g/mol. The third-order valence-corrected chi connectivity index (χ3v) is 2.29. The number of nitrogens with zero attached hydrogens (tertiary/aromatic N) is 1. The minimum atomic E-state index is -0.237. The third-order valence-electron chi connectivity index (χ3n) is 2.29. The smallest absolute Gasteiger partial charge is 0.194 e. The summed E-state index contributed by atoms with van der Waals surface area (Å²) >= 11 is 0. The van der Waals surface area contributed by atoms with Gasteiger partial charge in [0.05, 0.1) is 0 Å². The predicted octanol–water partition coefficient (Wildman–Crippen LogP) is 2.46. The number of rotatable bonds is 2. The lowest BCUT2D eigenvalue weighted by Crippen LogP contribution is -2.30. The van der Waals surface area contributed by atoms with Crippen molar-refractivity contribution in [2.45, 2.75) is 26.8 Å². The van der Waals surface area contributed by atoms with E-state index >= 15 is 0 Å². The second kappa shape index (κ2) is 5.40. The van der Waals surface area contributed by atoms with E-state index in [-0.39, 0.29) is 11.5 Å². The highest BCUT2D eigenvalue weighted by molar-refractivity contribution is 5.92. The van der Waals surface area contributed by atoms with Crippen LogP contribution >= 0.6 is 0 Å². The average Bonchev–Trinajstić information content (AvgIpc) is 2.25. The Balaban J connectivity index is 2.77. The van der Waals surface area contributed by atoms with Gasteiger partial charge >= 0.3 is 0 Å². The molecular weight excluding hydrogens is 210 g/mol. The van der Waals surface area contributed by atoms with Crippen molar-refractivity contribution < 1.29 is 0 Å². The first kappa shape index (κ1) is 13.1. The molecule has 0 amide bonds. The summed E-state index contributed by atoms with van der Waals surface area (Å²) in [5.41, 5.74) is 6.62. The Morgan fingerprint density at radius 2 is 1.94 bits per heavy atom. The third kappa shape index (κ3) is 4.20. The average molecular weight is 229 g/mol. The van der Waals surface area contributed by atoms with Gasteiger partial charge in [-0.1, -0.05) is 44.9 Å². The molecule has 3 N–H and O–H groups in total. The topological polar surface area (TPSA) is 50.4 Å². The second-order valence-electron chi connectivity index (χ2n) is 4.94. The fourth-order valence-electron chi connectivity index (χ4n) is 1.32. The Morgan fingerprint density at radius 1 is 1.35 bits per heavy atom. The van der Waals surface area contributed by atoms with E-state index in [9.17, 15) is 0 Å². The number of guanidine groups is 1. The number of nitrogens with one attached hydrogen (secondary N) is 1. The molecule has 0 saturated carbocycles. The van der Waals surface area contributed by atoms with Crippen LogP contribution in [-0.2, 0) is 0 Å². The van der Waals surface area contributed by atoms with Gasteiger partial charge in [0.25, 0.3) is 0 Å². The summed E-state index contributed by atoms with van der Waals surface area (Å²) in [6.07, 6.45) is 5.46. The van der Waals surface area contributed by atoms with Crippen LogP contribution < -0.4 is 11.1 Å². The van der Waals surface area contributed by atoms with Crippen LogP contribution in [-0.4, -0.2) is 12.0 Å². The zero-order chi connectivity index (χ0) is 12.9. The largest absolute Gasteiger partial charge is 0.370 e. The Morgan fingerprint density at radius 3 is 2.41 bits per heavy atom. The molecule has 0 heterocycles. The fraction of sp³-hybridized carbons (Fsp3) is 0.357. The van der Waals surface area contributed by atoms with Crippen LogP contribution in [0.25, 0.3) is 0 Å². The summed E-state index contributed by atoms with van der Waals surface area (Å²) in [5, 5.41) is 3.01. The van der Waals surface area contributed by atoms with Crippen LogP contribution in [0.3, 0.4) is 0 Å². The zero-order valence-corrected chi connectivity index (χ0v) is 10.6. The maximum Gasteiger partial charge on any atom is 0.194 e. The van der Waals surface area contributed by atoms with Crippen molar-refractivity contribution in [3.05, 3.63) is 30.3 Å². The Bertz CT molecular complexity index is 421. The molecule has 0 spiro atoms. The number of hydrogen-bond donors (Lipinski definition) is 2. The van der Waals surface area contributed by atoms with Gasteiger partial charge in [-0.2, -0.15) is 0 Å². The first-order valence-electron chi connectivity index (χ1n) is 5.55. The molecule has 1 aromatic carbocycles. The Labute approximate surface area is 103 Å². The van der Waals surface area contributed by atoms with Gasteiger partial charge in [0.15, 0.2) is 5.96 Å². The number of aliphatic imine (C=N–C) groups is 1. The molecule has 1 unspecified atom stereocenters. The van der Waals surface area contributed by atoms with Gasteiger partial charge < -0.3 is 11.1 Å². The van der Waals surface area contributed by atoms with E-state index in [0.29, 0.717) is 5.96 Å². The molecule has 3 nitrogen and oxygen atoms in total. The van der Waals surface area contributed by atoms with Crippen molar-refractivity contribution in [3.63, 3.8) is 0 Å². The fourth-order valence-corrected chi connectivity index (χ4v) is 1.32. The molecule has 0 fully saturated rings. The summed E-state index contributed by atoms with van der Waals surface area (Å²) < 4.78 is 0. The van der Waals surface area contributed by atoms with Gasteiger partial charge in [-0.3, -0.25) is 0 Å². The molecular formula is C14H19N3. The Kier molecular flexibility index (Phi) is 4.17. The molecule has 17 heavy (non-hydrogen) atoms. The summed E-state index contributed by atoms with van der Waals surface area (Å²) in [6, 6.07) is 9.40. The van der Waals surface area contributed by atoms with Crippen molar-refractivity contribution in [2.75, 3.05) is 5.32 Å². The molecule has 0 aliphatic carbocycles. The second-order valence-corrected chi connectivity index (χ2v) is 4.94. The van der Waals surface area contributed by atoms with Crippen molar-refractivity contribution in [3.8, 4) is 12.3 Å². The van der Waals surface area contributed by atoms with Crippen molar-refractivity contribution >= 4 is 11.6 Å². The molecule has 3 heteroatoms. The standard InChI is InChI=1S/C14H19N3/c1-5-12(14(2,3)4)17-13(15)16-11-9-7-6-8-10-11/h1,6-10,12H,2-4H3,(H3,15,16,17). The van der Waals surface area contributed by atoms with E-state index in [0.717, 1.165) is 5.69 Å². The molecule has 90 valence electrons. The highest BCUT2D eigenvalue weighted by atomic mass is 15.1. The summed E-state index contributed by atoms with van der Waals surface area (Å²) in [4.78, 5) is 4.31. The van der Waals surface area contributed by atoms with E-state index in [1.54, 1.807) is 0 Å². The molecule has 0 aliphatic rings. The van der Waals surface area contributed by atoms with Gasteiger partial charge in [-0.05, 0) is 17.5 Å². The van der Waals surface area contributed by atoms with Crippen LogP contribution in [0.15, 0.2) is 35.3 Å². The number of anilines is 1. The van der Waals surface area contributed by atoms with Crippen LogP contribution in [0.5, 0.6) is 0 Å². The molecule has 0 radical (unpaired) electrons. The van der Waals surface area contributed by atoms with E-state index in [4.69, 9.17) is 12.2 Å². The molecule has 1 rings (SSSR count). The Hall–Kier alpha value is -1.95. The lowest BCUT2D eigenvalue weighted by Gasteiger charge is -2.23. The van der Waals surface area contributed by atoms with E-state index in [1.807, 2.05) is 51.1 Å². The first-order chi connectivity index (χ1) is 7.93. The molecule has 0 aromatic heterocycles. The van der Waals surface area contributed by atoms with Gasteiger partial charge in [0.1, 0.15) is 6.04 Å². The minimum Gasteiger partial charge on any atom is -0.370 e. The zero-order valence-electron chi connectivity index (χ0n) is 10.6. The summed E-state index contributed by atoms with van der Waals surface area (Å²) in [7, 11) is 0. The number of para-hydroxylation sites is 1. The molecule has 0 aliphatic heterocycles. The molecule has 1 atom stereocenters. The minimum absolute atomic E-state index is 0.0995. The lowest BCUT2D eigenvalue weighted by atomic mass is 9.88. The predicted molar refractivity (Wildman–Crippen MR) is 73.8 cm³/mol. The molecule has 0 bridgehead atoms. The van der Waals surface area contributed by atoms with Gasteiger partial charge in [0, 0.05) is 5.69 Å². The van der Waals surface area contributed by atoms with Crippen molar-refractivity contribution in [1.82, 2.24) is 0 Å². The normalized spacial score (nSPS) is 13.9. The summed E-state index contributed by atoms with van der Waals surface area (Å²) in [5.74, 6) is 2.99. The van der Waals surface area contributed by atoms with Crippen molar-refractivity contribution in [2.24, 2.45) is 16.1 Å². The highest BCUT2D eigenvalue weighted by Crippen LogP contribution is 2.21. The SMILES string of the molecule is C#CC(N=C(N)Nc1ccccc1)C(C)(C)C. The van der Waals surface area contributed by atoms with Crippen LogP contribution in [0, 0.1) is 17.8 Å². The quantitative estimate of drug-likeness (QED) is 0.465. The summed E-state index contributed by atoms with van der Waals surface area (Å²) in [6.45, 7) is 6.12. The van der Waals surface area contributed by atoms with Crippen LogP contribution in [0.4, 0.5) is 5.69 Å².